The van der Waals surface area contributed by atoms with E-state index in [0.29, 0.717) is 70.3 Å². The lowest BCUT2D eigenvalue weighted by Gasteiger charge is -2.36. The van der Waals surface area contributed by atoms with Crippen LogP contribution >= 0.6 is 11.3 Å². The van der Waals surface area contributed by atoms with Crippen LogP contribution in [0.2, 0.25) is 0 Å². The Bertz CT molecular complexity index is 1640. The van der Waals surface area contributed by atoms with E-state index in [1.165, 1.54) is 17.5 Å². The van der Waals surface area contributed by atoms with Crippen LogP contribution in [0.3, 0.4) is 0 Å². The predicted molar refractivity (Wildman–Crippen MR) is 148 cm³/mol. The zero-order valence-corrected chi connectivity index (χ0v) is 22.8. The molecule has 0 aliphatic carbocycles. The number of amides is 1. The Morgan fingerprint density at radius 2 is 1.88 bits per heavy atom. The Morgan fingerprint density at radius 3 is 2.50 bits per heavy atom. The topological polar surface area (TPSA) is 145 Å². The highest BCUT2D eigenvalue weighted by atomic mass is 32.1. The maximum absolute atomic E-state index is 15.1. The van der Waals surface area contributed by atoms with Gasteiger partial charge in [-0.05, 0) is 50.5 Å². The molecule has 1 aromatic carbocycles. The molecule has 1 aliphatic heterocycles. The smallest absolute Gasteiger partial charge is 0.309 e. The van der Waals surface area contributed by atoms with Gasteiger partial charge in [0.2, 0.25) is 11.9 Å². The summed E-state index contributed by atoms with van der Waals surface area (Å²) in [6.45, 7) is 5.18. The molecule has 12 heteroatoms. The Labute approximate surface area is 233 Å². The minimum Gasteiger partial charge on any atom is -0.481 e. The first kappa shape index (κ1) is 27.1. The lowest BCUT2D eigenvalue weighted by atomic mass is 9.80. The van der Waals surface area contributed by atoms with Gasteiger partial charge in [0.15, 0.2) is 5.82 Å². The van der Waals surface area contributed by atoms with Crippen LogP contribution in [0.1, 0.15) is 37.3 Å². The molecule has 0 atom stereocenters. The summed E-state index contributed by atoms with van der Waals surface area (Å²) in [5.41, 5.74) is 1.86. The van der Waals surface area contributed by atoms with Crippen molar-refractivity contribution in [2.45, 2.75) is 33.1 Å². The molecule has 1 saturated heterocycles. The Balaban J connectivity index is 1.51. The van der Waals surface area contributed by atoms with Crippen LogP contribution in [-0.4, -0.2) is 56.6 Å². The number of nitriles is 1. The summed E-state index contributed by atoms with van der Waals surface area (Å²) < 4.78 is 15.8. The number of benzene rings is 1. The summed E-state index contributed by atoms with van der Waals surface area (Å²) in [6, 6.07) is 6.66. The number of carbonyl (C=O) groups excluding carboxylic acids is 1. The molecule has 0 bridgehead atoms. The molecule has 0 unspecified atom stereocenters. The molecule has 2 N–H and O–H groups in total. The van der Waals surface area contributed by atoms with Gasteiger partial charge in [-0.2, -0.15) is 5.26 Å². The highest BCUT2D eigenvalue weighted by molar-refractivity contribution is 7.19. The standard InChI is InChI=1S/C28H26FN7O3S/c1-3-31-22(37)11-23-35-21-10-17(9-19(25(21)40-23)24-20(29)8-16(12-30)13-32-24)18-14-33-27(34-15-18)36-6-4-28(2,5-7-36)26(38)39/h8-10,13-15H,3-7,11H2,1-2H3,(H,31,37)(H,38,39). The second-order valence-electron chi connectivity index (χ2n) is 9.90. The molecule has 10 nitrogen and oxygen atoms in total. The number of hydrogen-bond acceptors (Lipinski definition) is 9. The van der Waals surface area contributed by atoms with Crippen molar-refractivity contribution < 1.29 is 19.1 Å². The summed E-state index contributed by atoms with van der Waals surface area (Å²) in [4.78, 5) is 43.7. The fraction of sp³-hybridized carbons (Fsp3) is 0.321. The van der Waals surface area contributed by atoms with E-state index in [2.05, 4.69) is 25.3 Å². The van der Waals surface area contributed by atoms with Crippen molar-refractivity contribution in [3.05, 3.63) is 53.2 Å². The maximum Gasteiger partial charge on any atom is 0.309 e. The minimum absolute atomic E-state index is 0.0754. The monoisotopic (exact) mass is 559 g/mol. The zero-order chi connectivity index (χ0) is 28.4. The van der Waals surface area contributed by atoms with Gasteiger partial charge in [-0.25, -0.2) is 19.3 Å². The molecule has 3 aromatic heterocycles. The van der Waals surface area contributed by atoms with Gasteiger partial charge in [-0.1, -0.05) is 0 Å². The van der Waals surface area contributed by atoms with Gasteiger partial charge in [0.25, 0.3) is 0 Å². The van der Waals surface area contributed by atoms with Crippen LogP contribution in [0.25, 0.3) is 32.6 Å². The van der Waals surface area contributed by atoms with E-state index in [1.807, 2.05) is 24.0 Å². The van der Waals surface area contributed by atoms with Gasteiger partial charge < -0.3 is 15.3 Å². The van der Waals surface area contributed by atoms with E-state index in [9.17, 15) is 14.7 Å². The number of nitrogens with one attached hydrogen (secondary N) is 1. The van der Waals surface area contributed by atoms with E-state index in [-0.39, 0.29) is 23.6 Å². The van der Waals surface area contributed by atoms with Gasteiger partial charge in [0.1, 0.15) is 16.8 Å². The third-order valence-corrected chi connectivity index (χ3v) is 8.19. The van der Waals surface area contributed by atoms with E-state index < -0.39 is 17.2 Å². The van der Waals surface area contributed by atoms with Crippen molar-refractivity contribution in [1.29, 1.82) is 5.26 Å². The number of thiazole rings is 1. The van der Waals surface area contributed by atoms with E-state index in [0.717, 1.165) is 6.07 Å². The Morgan fingerprint density at radius 1 is 1.15 bits per heavy atom. The number of halogens is 1. The first-order chi connectivity index (χ1) is 19.2. The molecule has 4 aromatic rings. The second kappa shape index (κ2) is 10.9. The molecule has 4 heterocycles. The fourth-order valence-electron chi connectivity index (χ4n) is 4.64. The first-order valence-corrected chi connectivity index (χ1v) is 13.6. The van der Waals surface area contributed by atoms with E-state index in [4.69, 9.17) is 5.26 Å². The number of rotatable bonds is 7. The van der Waals surface area contributed by atoms with Crippen molar-refractivity contribution in [3.8, 4) is 28.5 Å². The van der Waals surface area contributed by atoms with Gasteiger partial charge in [-0.15, -0.1) is 11.3 Å². The van der Waals surface area contributed by atoms with Gasteiger partial charge in [-0.3, -0.25) is 14.6 Å². The number of carboxylic acids is 1. The number of likely N-dealkylation sites (N-methyl/N-ethyl adjacent to an activating group) is 1. The van der Waals surface area contributed by atoms with Crippen molar-refractivity contribution in [2.75, 3.05) is 24.5 Å². The molecule has 0 radical (unpaired) electrons. The Hall–Kier alpha value is -4.50. The third-order valence-electron chi connectivity index (χ3n) is 7.08. The SMILES string of the molecule is CCNC(=O)Cc1nc2cc(-c3cnc(N4CCC(C)(C(=O)O)CC4)nc3)cc(-c3ncc(C#N)cc3F)c2s1. The van der Waals surface area contributed by atoms with Crippen molar-refractivity contribution in [1.82, 2.24) is 25.3 Å². The van der Waals surface area contributed by atoms with Gasteiger partial charge >= 0.3 is 5.97 Å². The number of anilines is 1. The lowest BCUT2D eigenvalue weighted by Crippen LogP contribution is -2.43. The number of carboxylic acid groups (broad SMARTS) is 1. The quantitative estimate of drug-likeness (QED) is 0.340. The molecule has 0 spiro atoms. The average molecular weight is 560 g/mol. The fourth-order valence-corrected chi connectivity index (χ4v) is 5.70. The lowest BCUT2D eigenvalue weighted by molar-refractivity contribution is -0.149. The normalized spacial score (nSPS) is 14.6. The van der Waals surface area contributed by atoms with Gasteiger partial charge in [0, 0.05) is 49.4 Å². The van der Waals surface area contributed by atoms with Crippen molar-refractivity contribution >= 4 is 39.4 Å². The van der Waals surface area contributed by atoms with Crippen LogP contribution in [0, 0.1) is 22.6 Å². The number of nitrogens with zero attached hydrogens (tertiary/aromatic N) is 6. The highest BCUT2D eigenvalue weighted by Gasteiger charge is 2.37. The summed E-state index contributed by atoms with van der Waals surface area (Å²) in [6.07, 6.45) is 5.75. The molecular formula is C28H26FN7O3S. The van der Waals surface area contributed by atoms with E-state index >= 15 is 4.39 Å². The number of aliphatic carboxylic acids is 1. The molecular weight excluding hydrogens is 533 g/mol. The molecule has 0 saturated carbocycles. The second-order valence-corrected chi connectivity index (χ2v) is 11.0. The number of pyridine rings is 1. The third kappa shape index (κ3) is 5.33. The van der Waals surface area contributed by atoms with Crippen molar-refractivity contribution in [3.63, 3.8) is 0 Å². The molecule has 1 aliphatic rings. The zero-order valence-electron chi connectivity index (χ0n) is 21.9. The van der Waals surface area contributed by atoms with Crippen LogP contribution in [0.5, 0.6) is 0 Å². The van der Waals surface area contributed by atoms with Gasteiger partial charge in [0.05, 0.1) is 27.6 Å². The highest BCUT2D eigenvalue weighted by Crippen LogP contribution is 2.38. The first-order valence-electron chi connectivity index (χ1n) is 12.8. The maximum atomic E-state index is 15.1. The number of piperidine rings is 1. The predicted octanol–water partition coefficient (Wildman–Crippen LogP) is 4.20. The van der Waals surface area contributed by atoms with Crippen molar-refractivity contribution in [2.24, 2.45) is 5.41 Å². The van der Waals surface area contributed by atoms with Crippen LogP contribution in [-0.2, 0) is 16.0 Å². The average Bonchev–Trinajstić information content (AvgIpc) is 3.35. The molecule has 40 heavy (non-hydrogen) atoms. The molecule has 5 rings (SSSR count). The number of fused-ring (bicyclic) bond motifs is 1. The number of aromatic nitrogens is 4. The largest absolute Gasteiger partial charge is 0.481 e. The molecule has 1 fully saturated rings. The van der Waals surface area contributed by atoms with E-state index in [1.54, 1.807) is 25.4 Å². The summed E-state index contributed by atoms with van der Waals surface area (Å²) in [5.74, 6) is -1.08. The number of hydrogen-bond donors (Lipinski definition) is 2. The van der Waals surface area contributed by atoms with Crippen LogP contribution in [0.4, 0.5) is 10.3 Å². The number of carbonyl (C=O) groups is 2. The summed E-state index contributed by atoms with van der Waals surface area (Å²) in [5, 5.41) is 22.0. The van der Waals surface area contributed by atoms with Crippen LogP contribution in [0.15, 0.2) is 36.8 Å². The minimum atomic E-state index is -0.793. The van der Waals surface area contributed by atoms with Crippen LogP contribution < -0.4 is 10.2 Å². The molecule has 1 amide bonds. The summed E-state index contributed by atoms with van der Waals surface area (Å²) >= 11 is 1.30. The summed E-state index contributed by atoms with van der Waals surface area (Å²) in [7, 11) is 0. The Kier molecular flexibility index (Phi) is 7.40. The molecule has 204 valence electrons.